The van der Waals surface area contributed by atoms with Gasteiger partial charge in [0.2, 0.25) is 0 Å². The van der Waals surface area contributed by atoms with Crippen LogP contribution in [0.5, 0.6) is 0 Å². The summed E-state index contributed by atoms with van der Waals surface area (Å²) in [7, 11) is 0. The van der Waals surface area contributed by atoms with E-state index in [1.54, 1.807) is 26.0 Å². The van der Waals surface area contributed by atoms with E-state index in [2.05, 4.69) is 31.4 Å². The van der Waals surface area contributed by atoms with Gasteiger partial charge in [-0.25, -0.2) is 4.79 Å². The molecule has 1 aliphatic rings. The molecule has 0 aromatic heterocycles. The van der Waals surface area contributed by atoms with E-state index in [1.807, 2.05) is 12.1 Å². The van der Waals surface area contributed by atoms with Crippen molar-refractivity contribution in [2.75, 3.05) is 18.5 Å². The molecule has 1 saturated heterocycles. The minimum Gasteiger partial charge on any atom is -0.454 e. The lowest BCUT2D eigenvalue weighted by molar-refractivity contribution is -0.150. The van der Waals surface area contributed by atoms with E-state index in [-0.39, 0.29) is 5.41 Å². The topological polar surface area (TPSA) is 105 Å². The second-order valence-electron chi connectivity index (χ2n) is 8.04. The molecule has 8 heteroatoms. The maximum atomic E-state index is 12.2. The molecule has 2 N–H and O–H groups in total. The third kappa shape index (κ3) is 4.88. The number of imide groups is 1. The lowest BCUT2D eigenvalue weighted by Crippen LogP contribution is -2.43. The average molecular weight is 389 g/mol. The molecule has 1 heterocycles. The van der Waals surface area contributed by atoms with Gasteiger partial charge in [-0.1, -0.05) is 39.8 Å². The van der Waals surface area contributed by atoms with Crippen molar-refractivity contribution in [1.82, 2.24) is 10.2 Å². The first-order chi connectivity index (χ1) is 13.0. The van der Waals surface area contributed by atoms with Crippen molar-refractivity contribution < 1.29 is 23.9 Å². The van der Waals surface area contributed by atoms with Crippen LogP contribution < -0.4 is 10.6 Å². The number of hydrogen-bond acceptors (Lipinski definition) is 5. The zero-order valence-corrected chi connectivity index (χ0v) is 16.9. The van der Waals surface area contributed by atoms with Crippen molar-refractivity contribution in [2.24, 2.45) is 0 Å². The number of benzene rings is 1. The Morgan fingerprint density at radius 2 is 1.79 bits per heavy atom. The number of anilines is 1. The Balaban J connectivity index is 1.83. The number of amides is 4. The molecule has 1 atom stereocenters. The molecule has 0 aliphatic carbocycles. The molecular weight excluding hydrogens is 362 g/mol. The minimum atomic E-state index is -1.02. The third-order valence-corrected chi connectivity index (χ3v) is 4.74. The first-order valence-electron chi connectivity index (χ1n) is 9.16. The summed E-state index contributed by atoms with van der Waals surface area (Å²) in [4.78, 5) is 48.8. The van der Waals surface area contributed by atoms with Crippen LogP contribution in [0, 0.1) is 0 Å². The van der Waals surface area contributed by atoms with Gasteiger partial charge in [0.05, 0.1) is 0 Å². The summed E-state index contributed by atoms with van der Waals surface area (Å²) < 4.78 is 4.89. The van der Waals surface area contributed by atoms with Gasteiger partial charge >= 0.3 is 12.0 Å². The summed E-state index contributed by atoms with van der Waals surface area (Å²) in [6.45, 7) is 8.59. The van der Waals surface area contributed by atoms with Crippen LogP contribution in [0.25, 0.3) is 0 Å². The van der Waals surface area contributed by atoms with Gasteiger partial charge in [0.25, 0.3) is 11.8 Å². The molecule has 4 amide bonds. The van der Waals surface area contributed by atoms with Crippen LogP contribution in [-0.4, -0.2) is 47.4 Å². The largest absolute Gasteiger partial charge is 0.454 e. The van der Waals surface area contributed by atoms with E-state index >= 15 is 0 Å². The molecule has 0 radical (unpaired) electrons. The van der Waals surface area contributed by atoms with Crippen LogP contribution in [0.1, 0.15) is 46.6 Å². The van der Waals surface area contributed by atoms with Gasteiger partial charge in [0.15, 0.2) is 6.61 Å². The molecule has 0 saturated carbocycles. The number of nitrogens with one attached hydrogen (secondary N) is 2. The number of esters is 1. The van der Waals surface area contributed by atoms with Crippen molar-refractivity contribution in [3.8, 4) is 0 Å². The molecule has 1 fully saturated rings. The van der Waals surface area contributed by atoms with Gasteiger partial charge in [0.1, 0.15) is 12.1 Å². The van der Waals surface area contributed by atoms with E-state index in [9.17, 15) is 19.2 Å². The Hall–Kier alpha value is -2.90. The summed E-state index contributed by atoms with van der Waals surface area (Å²) in [5.74, 6) is -1.82. The van der Waals surface area contributed by atoms with Crippen molar-refractivity contribution >= 4 is 29.5 Å². The Labute approximate surface area is 164 Å². The summed E-state index contributed by atoms with van der Waals surface area (Å²) in [5, 5.41) is 5.18. The highest BCUT2D eigenvalue weighted by atomic mass is 16.5. The normalized spacial score (nSPS) is 19.4. The summed E-state index contributed by atoms with van der Waals surface area (Å²) >= 11 is 0. The van der Waals surface area contributed by atoms with Gasteiger partial charge in [-0.05, 0) is 36.5 Å². The van der Waals surface area contributed by atoms with Crippen LogP contribution in [0.3, 0.4) is 0 Å². The van der Waals surface area contributed by atoms with Gasteiger partial charge in [0, 0.05) is 5.69 Å². The summed E-state index contributed by atoms with van der Waals surface area (Å²) in [6, 6.07) is 6.75. The Morgan fingerprint density at radius 3 is 2.29 bits per heavy atom. The van der Waals surface area contributed by atoms with Crippen LogP contribution in [0.15, 0.2) is 24.3 Å². The van der Waals surface area contributed by atoms with Gasteiger partial charge in [-0.2, -0.15) is 0 Å². The molecule has 8 nitrogen and oxygen atoms in total. The zero-order valence-electron chi connectivity index (χ0n) is 16.9. The molecule has 152 valence electrons. The second-order valence-corrected chi connectivity index (χ2v) is 8.04. The molecular formula is C20H27N3O5. The smallest absolute Gasteiger partial charge is 0.326 e. The summed E-state index contributed by atoms with van der Waals surface area (Å²) in [6.07, 6.45) is 0.402. The highest BCUT2D eigenvalue weighted by Crippen LogP contribution is 2.23. The molecule has 0 unspecified atom stereocenters. The quantitative estimate of drug-likeness (QED) is 0.573. The Morgan fingerprint density at radius 1 is 1.18 bits per heavy atom. The van der Waals surface area contributed by atoms with Crippen molar-refractivity contribution in [3.05, 3.63) is 29.8 Å². The highest BCUT2D eigenvalue weighted by Gasteiger charge is 2.47. The minimum absolute atomic E-state index is 0.00518. The predicted molar refractivity (Wildman–Crippen MR) is 104 cm³/mol. The fourth-order valence-electron chi connectivity index (χ4n) is 2.70. The van der Waals surface area contributed by atoms with E-state index in [1.165, 1.54) is 0 Å². The standard InChI is InChI=1S/C20H27N3O5/c1-6-20(5)17(26)23(18(27)22-20)11-16(25)28-12-15(24)21-14-9-7-13(8-10-14)19(2,3)4/h7-10H,6,11-12H2,1-5H3,(H,21,24)(H,22,27)/t20-/m0/s1. The molecule has 0 spiro atoms. The average Bonchev–Trinajstić information content (AvgIpc) is 2.83. The van der Waals surface area contributed by atoms with Gasteiger partial charge in [-0.15, -0.1) is 0 Å². The van der Waals surface area contributed by atoms with Crippen molar-refractivity contribution in [3.63, 3.8) is 0 Å². The molecule has 1 aliphatic heterocycles. The number of rotatable bonds is 6. The molecule has 28 heavy (non-hydrogen) atoms. The lowest BCUT2D eigenvalue weighted by Gasteiger charge is -2.19. The fraction of sp³-hybridized carbons (Fsp3) is 0.500. The fourth-order valence-corrected chi connectivity index (χ4v) is 2.70. The van der Waals surface area contributed by atoms with Crippen molar-refractivity contribution in [1.29, 1.82) is 0 Å². The van der Waals surface area contributed by atoms with Crippen LogP contribution in [-0.2, 0) is 24.5 Å². The number of urea groups is 1. The number of hydrogen-bond donors (Lipinski definition) is 2. The van der Waals surface area contributed by atoms with E-state index in [0.717, 1.165) is 10.5 Å². The molecule has 1 aromatic rings. The van der Waals surface area contributed by atoms with Crippen LogP contribution in [0.2, 0.25) is 0 Å². The molecule has 1 aromatic carbocycles. The van der Waals surface area contributed by atoms with Crippen LogP contribution >= 0.6 is 0 Å². The second kappa shape index (κ2) is 8.00. The van der Waals surface area contributed by atoms with Crippen LogP contribution in [0.4, 0.5) is 10.5 Å². The number of nitrogens with zero attached hydrogens (tertiary/aromatic N) is 1. The monoisotopic (exact) mass is 389 g/mol. The van der Waals surface area contributed by atoms with Gasteiger partial charge < -0.3 is 15.4 Å². The number of carbonyl (C=O) groups excluding carboxylic acids is 4. The van der Waals surface area contributed by atoms with E-state index < -0.39 is 42.5 Å². The predicted octanol–water partition coefficient (Wildman–Crippen LogP) is 2.19. The van der Waals surface area contributed by atoms with Crippen molar-refractivity contribution in [2.45, 2.75) is 52.0 Å². The maximum absolute atomic E-state index is 12.2. The number of ether oxygens (including phenoxy) is 1. The first kappa shape index (κ1) is 21.4. The summed E-state index contributed by atoms with van der Waals surface area (Å²) in [5.41, 5.74) is 0.700. The first-order valence-corrected chi connectivity index (χ1v) is 9.16. The number of carbonyl (C=O) groups is 4. The zero-order chi connectivity index (χ0) is 21.1. The lowest BCUT2D eigenvalue weighted by atomic mass is 9.87. The molecule has 0 bridgehead atoms. The van der Waals surface area contributed by atoms with E-state index in [0.29, 0.717) is 12.1 Å². The maximum Gasteiger partial charge on any atom is 0.326 e. The highest BCUT2D eigenvalue weighted by molar-refractivity contribution is 6.08. The third-order valence-electron chi connectivity index (χ3n) is 4.74. The Kier molecular flexibility index (Phi) is 6.11. The van der Waals surface area contributed by atoms with Gasteiger partial charge in [-0.3, -0.25) is 19.3 Å². The Bertz CT molecular complexity index is 782. The van der Waals surface area contributed by atoms with E-state index in [4.69, 9.17) is 4.74 Å². The molecule has 2 rings (SSSR count). The SMILES string of the molecule is CC[C@]1(C)NC(=O)N(CC(=O)OCC(=O)Nc2ccc(C(C)(C)C)cc2)C1=O.